The molecule has 0 fully saturated rings. The Labute approximate surface area is 159 Å². The molecule has 0 aliphatic rings. The first kappa shape index (κ1) is 18.7. The second-order valence-electron chi connectivity index (χ2n) is 6.41. The topological polar surface area (TPSA) is 84.0 Å². The summed E-state index contributed by atoms with van der Waals surface area (Å²) in [4.78, 5) is 38.4. The summed E-state index contributed by atoms with van der Waals surface area (Å²) in [7, 11) is 3.16. The van der Waals surface area contributed by atoms with Gasteiger partial charge in [0.25, 0.3) is 5.56 Å². The van der Waals surface area contributed by atoms with Gasteiger partial charge in [-0.05, 0) is 17.7 Å². The van der Waals surface area contributed by atoms with Crippen LogP contribution in [0.3, 0.4) is 0 Å². The fraction of sp³-hybridized carbons (Fsp3) is 0.211. The van der Waals surface area contributed by atoms with Crippen LogP contribution in [-0.4, -0.2) is 39.0 Å². The number of aromatic nitrogens is 2. The molecule has 1 aromatic carbocycles. The van der Waals surface area contributed by atoms with Gasteiger partial charge in [-0.25, -0.2) is 0 Å². The molecule has 0 saturated carbocycles. The Bertz CT molecular complexity index is 1150. The van der Waals surface area contributed by atoms with E-state index in [0.717, 1.165) is 5.56 Å². The van der Waals surface area contributed by atoms with Crippen LogP contribution in [0, 0.1) is 0 Å². The Balaban J connectivity index is 2.08. The molecule has 0 aliphatic heterocycles. The highest BCUT2D eigenvalue weighted by atomic mass is 35.5. The van der Waals surface area contributed by atoms with Crippen LogP contribution in [0.4, 0.5) is 0 Å². The lowest BCUT2D eigenvalue weighted by atomic mass is 10.1. The van der Waals surface area contributed by atoms with E-state index in [-0.39, 0.29) is 30.0 Å². The molecule has 27 heavy (non-hydrogen) atoms. The minimum absolute atomic E-state index is 0.121. The first-order valence-corrected chi connectivity index (χ1v) is 8.56. The number of carbonyl (C=O) groups is 1. The molecule has 8 heteroatoms. The molecule has 0 atom stereocenters. The fourth-order valence-corrected chi connectivity index (χ4v) is 2.97. The summed E-state index contributed by atoms with van der Waals surface area (Å²) in [6.45, 7) is 0.240. The van der Waals surface area contributed by atoms with E-state index in [2.05, 4.69) is 0 Å². The molecule has 3 rings (SSSR count). The zero-order chi connectivity index (χ0) is 19.7. The molecule has 7 nitrogen and oxygen atoms in total. The second-order valence-corrected chi connectivity index (χ2v) is 6.85. The monoisotopic (exact) mass is 387 g/mol. The van der Waals surface area contributed by atoms with E-state index in [4.69, 9.17) is 11.6 Å². The first-order chi connectivity index (χ1) is 12.8. The predicted octanol–water partition coefficient (Wildman–Crippen LogP) is 1.50. The molecule has 0 unspecified atom stereocenters. The molecule has 0 radical (unpaired) electrons. The summed E-state index contributed by atoms with van der Waals surface area (Å²) < 4.78 is 2.75. The van der Waals surface area contributed by atoms with Gasteiger partial charge in [-0.3, -0.25) is 14.4 Å². The van der Waals surface area contributed by atoms with Gasteiger partial charge in [0.05, 0.1) is 13.0 Å². The highest BCUT2D eigenvalue weighted by Gasteiger charge is 2.17. The van der Waals surface area contributed by atoms with Crippen molar-refractivity contribution in [2.24, 2.45) is 0 Å². The average molecular weight is 388 g/mol. The van der Waals surface area contributed by atoms with Crippen molar-refractivity contribution in [1.82, 2.24) is 13.9 Å². The van der Waals surface area contributed by atoms with Gasteiger partial charge >= 0.3 is 0 Å². The van der Waals surface area contributed by atoms with Crippen LogP contribution >= 0.6 is 11.6 Å². The Morgan fingerprint density at radius 3 is 2.63 bits per heavy atom. The minimum Gasteiger partial charge on any atom is -0.503 e. The quantitative estimate of drug-likeness (QED) is 0.735. The van der Waals surface area contributed by atoms with Crippen molar-refractivity contribution in [1.29, 1.82) is 0 Å². The highest BCUT2D eigenvalue weighted by molar-refractivity contribution is 6.30. The van der Waals surface area contributed by atoms with E-state index in [0.29, 0.717) is 5.02 Å². The molecular formula is C19H18ClN3O4. The summed E-state index contributed by atoms with van der Waals surface area (Å²) in [6.07, 6.45) is 4.36. The molecule has 0 bridgehead atoms. The number of carbonyl (C=O) groups excluding carboxylic acids is 1. The zero-order valence-electron chi connectivity index (χ0n) is 14.8. The number of amides is 1. The van der Waals surface area contributed by atoms with Gasteiger partial charge in [0.15, 0.2) is 11.3 Å². The number of aromatic hydroxyl groups is 1. The molecule has 3 aromatic rings. The fourth-order valence-electron chi connectivity index (χ4n) is 2.76. The van der Waals surface area contributed by atoms with Crippen molar-refractivity contribution in [3.63, 3.8) is 0 Å². The van der Waals surface area contributed by atoms with Crippen LogP contribution in [0.2, 0.25) is 5.02 Å². The predicted molar refractivity (Wildman–Crippen MR) is 103 cm³/mol. The van der Waals surface area contributed by atoms with Crippen molar-refractivity contribution in [2.45, 2.75) is 13.0 Å². The van der Waals surface area contributed by atoms with Crippen molar-refractivity contribution < 1.29 is 9.90 Å². The van der Waals surface area contributed by atoms with Gasteiger partial charge in [0, 0.05) is 43.3 Å². The molecular weight excluding hydrogens is 370 g/mol. The number of pyridine rings is 1. The minimum atomic E-state index is -0.720. The number of nitrogens with zero attached hydrogens (tertiary/aromatic N) is 3. The number of hydrogen-bond donors (Lipinski definition) is 1. The Morgan fingerprint density at radius 1 is 1.22 bits per heavy atom. The Hall–Kier alpha value is -3.06. The van der Waals surface area contributed by atoms with Crippen LogP contribution in [-0.2, 0) is 17.8 Å². The number of likely N-dealkylation sites (N-methyl/N-ethyl adjacent to an activating group) is 1. The van der Waals surface area contributed by atoms with E-state index < -0.39 is 16.7 Å². The number of halogens is 1. The molecule has 140 valence electrons. The van der Waals surface area contributed by atoms with Gasteiger partial charge in [-0.1, -0.05) is 23.7 Å². The Morgan fingerprint density at radius 2 is 1.96 bits per heavy atom. The summed E-state index contributed by atoms with van der Waals surface area (Å²) >= 11 is 5.97. The second kappa shape index (κ2) is 7.28. The molecule has 2 heterocycles. The van der Waals surface area contributed by atoms with E-state index >= 15 is 0 Å². The number of hydrogen-bond acceptors (Lipinski definition) is 4. The largest absolute Gasteiger partial charge is 0.503 e. The maximum Gasteiger partial charge on any atom is 0.279 e. The standard InChI is InChI=1S/C19H18ClN3O4/c1-21(2)15(24)9-13-11-22-6-7-23(10-12-4-3-5-14(20)8-12)19(27)16(22)18(26)17(13)25/h3-8,11,26H,9-10H2,1-2H3. The van der Waals surface area contributed by atoms with E-state index in [1.807, 2.05) is 6.07 Å². The van der Waals surface area contributed by atoms with Gasteiger partial charge in [0.1, 0.15) is 0 Å². The van der Waals surface area contributed by atoms with Crippen LogP contribution in [0.1, 0.15) is 11.1 Å². The summed E-state index contributed by atoms with van der Waals surface area (Å²) in [5, 5.41) is 10.9. The summed E-state index contributed by atoms with van der Waals surface area (Å²) in [5.74, 6) is -0.940. The molecule has 1 N–H and O–H groups in total. The molecule has 0 saturated heterocycles. The molecule has 1 amide bonds. The maximum absolute atomic E-state index is 12.8. The van der Waals surface area contributed by atoms with Crippen LogP contribution in [0.25, 0.3) is 5.52 Å². The summed E-state index contributed by atoms with van der Waals surface area (Å²) in [5.41, 5.74) is -0.439. The third-order valence-electron chi connectivity index (χ3n) is 4.24. The third-order valence-corrected chi connectivity index (χ3v) is 4.47. The van der Waals surface area contributed by atoms with Gasteiger partial charge in [-0.2, -0.15) is 0 Å². The average Bonchev–Trinajstić information content (AvgIpc) is 2.61. The van der Waals surface area contributed by atoms with Crippen molar-refractivity contribution >= 4 is 23.0 Å². The maximum atomic E-state index is 12.8. The molecule has 0 spiro atoms. The van der Waals surface area contributed by atoms with Gasteiger partial charge in [-0.15, -0.1) is 0 Å². The van der Waals surface area contributed by atoms with E-state index in [9.17, 15) is 19.5 Å². The normalized spacial score (nSPS) is 10.9. The highest BCUT2D eigenvalue weighted by Crippen LogP contribution is 2.14. The van der Waals surface area contributed by atoms with Crippen LogP contribution < -0.4 is 11.0 Å². The molecule has 2 aromatic heterocycles. The smallest absolute Gasteiger partial charge is 0.279 e. The summed E-state index contributed by atoms with van der Waals surface area (Å²) in [6, 6.07) is 7.07. The number of rotatable bonds is 4. The zero-order valence-corrected chi connectivity index (χ0v) is 15.6. The van der Waals surface area contributed by atoms with Gasteiger partial charge < -0.3 is 19.0 Å². The number of benzene rings is 1. The lowest BCUT2D eigenvalue weighted by Gasteiger charge is -2.13. The lowest BCUT2D eigenvalue weighted by Crippen LogP contribution is -2.28. The van der Waals surface area contributed by atoms with Crippen LogP contribution in [0.15, 0.2) is 52.4 Å². The van der Waals surface area contributed by atoms with E-state index in [1.54, 1.807) is 44.7 Å². The molecule has 0 aliphatic carbocycles. The van der Waals surface area contributed by atoms with Crippen molar-refractivity contribution in [3.05, 3.63) is 79.6 Å². The van der Waals surface area contributed by atoms with Crippen LogP contribution in [0.5, 0.6) is 5.75 Å². The SMILES string of the molecule is CN(C)C(=O)Cc1cn2ccn(Cc3cccc(Cl)c3)c(=O)c2c(O)c1=O. The first-order valence-electron chi connectivity index (χ1n) is 8.19. The number of fused-ring (bicyclic) bond motifs is 1. The van der Waals surface area contributed by atoms with Crippen molar-refractivity contribution in [2.75, 3.05) is 14.1 Å². The lowest BCUT2D eigenvalue weighted by molar-refractivity contribution is -0.127. The third kappa shape index (κ3) is 3.73. The van der Waals surface area contributed by atoms with Gasteiger partial charge in [0.2, 0.25) is 11.3 Å². The van der Waals surface area contributed by atoms with E-state index in [1.165, 1.54) is 20.1 Å². The van der Waals surface area contributed by atoms with Crippen molar-refractivity contribution in [3.8, 4) is 5.75 Å². The Kier molecular flexibility index (Phi) is 5.05.